The van der Waals surface area contributed by atoms with E-state index >= 15 is 0 Å². The van der Waals surface area contributed by atoms with Gasteiger partial charge in [-0.1, -0.05) is 23.2 Å². The third-order valence-electron chi connectivity index (χ3n) is 2.82. The number of rotatable bonds is 3. The molecule has 0 fully saturated rings. The molecule has 2 N–H and O–H groups in total. The van der Waals surface area contributed by atoms with Gasteiger partial charge in [0.25, 0.3) is 0 Å². The lowest BCUT2D eigenvalue weighted by Gasteiger charge is -2.14. The van der Waals surface area contributed by atoms with Gasteiger partial charge < -0.3 is 15.5 Å². The summed E-state index contributed by atoms with van der Waals surface area (Å²) in [6, 6.07) is 13.2. The van der Waals surface area contributed by atoms with Gasteiger partial charge in [-0.05, 0) is 54.7 Å². The molecule has 0 saturated heterocycles. The molecule has 0 radical (unpaired) electrons. The fraction of sp³-hybridized carbons (Fsp3) is 0.133. The van der Waals surface area contributed by atoms with E-state index in [0.717, 1.165) is 17.1 Å². The summed E-state index contributed by atoms with van der Waals surface area (Å²) < 4.78 is 0. The molecule has 0 atom stereocenters. The van der Waals surface area contributed by atoms with E-state index in [9.17, 15) is 0 Å². The van der Waals surface area contributed by atoms with Crippen molar-refractivity contribution in [1.82, 2.24) is 0 Å². The molecule has 21 heavy (non-hydrogen) atoms. The van der Waals surface area contributed by atoms with Crippen molar-refractivity contribution in [3.63, 3.8) is 0 Å². The minimum absolute atomic E-state index is 0.486. The lowest BCUT2D eigenvalue weighted by atomic mass is 10.2. The third-order valence-corrected chi connectivity index (χ3v) is 3.76. The van der Waals surface area contributed by atoms with Crippen molar-refractivity contribution in [1.29, 1.82) is 0 Å². The van der Waals surface area contributed by atoms with E-state index in [1.807, 2.05) is 49.3 Å². The summed E-state index contributed by atoms with van der Waals surface area (Å²) in [7, 11) is 4.00. The lowest BCUT2D eigenvalue weighted by Crippen LogP contribution is -2.19. The van der Waals surface area contributed by atoms with Crippen LogP contribution >= 0.6 is 35.4 Å². The summed E-state index contributed by atoms with van der Waals surface area (Å²) in [5.41, 5.74) is 2.83. The minimum Gasteiger partial charge on any atom is -0.378 e. The van der Waals surface area contributed by atoms with E-state index in [-0.39, 0.29) is 0 Å². The molecule has 0 amide bonds. The average molecular weight is 340 g/mol. The molecule has 2 aromatic rings. The fourth-order valence-corrected chi connectivity index (χ4v) is 2.24. The standard InChI is InChI=1S/C15H15Cl2N3S/c1-20(2)12-6-3-10(4-7-12)18-15(21)19-11-5-8-13(16)14(17)9-11/h3-9H,1-2H3,(H2,18,19,21). The molecule has 0 saturated carbocycles. The number of nitrogens with one attached hydrogen (secondary N) is 2. The predicted octanol–water partition coefficient (Wildman–Crippen LogP) is 4.87. The van der Waals surface area contributed by atoms with E-state index < -0.39 is 0 Å². The summed E-state index contributed by atoms with van der Waals surface area (Å²) >= 11 is 17.1. The van der Waals surface area contributed by atoms with Crippen LogP contribution in [0.4, 0.5) is 17.1 Å². The molecule has 0 heterocycles. The molecular weight excluding hydrogens is 325 g/mol. The monoisotopic (exact) mass is 339 g/mol. The van der Waals surface area contributed by atoms with Gasteiger partial charge in [-0.15, -0.1) is 0 Å². The molecule has 0 aliphatic heterocycles. The molecule has 0 unspecified atom stereocenters. The van der Waals surface area contributed by atoms with Crippen molar-refractivity contribution in [3.05, 3.63) is 52.5 Å². The molecule has 110 valence electrons. The Morgan fingerprint density at radius 2 is 1.48 bits per heavy atom. The van der Waals surface area contributed by atoms with Crippen LogP contribution in [0, 0.1) is 0 Å². The predicted molar refractivity (Wildman–Crippen MR) is 97.1 cm³/mol. The zero-order valence-corrected chi connectivity index (χ0v) is 14.0. The normalized spacial score (nSPS) is 10.1. The van der Waals surface area contributed by atoms with Crippen molar-refractivity contribution in [2.24, 2.45) is 0 Å². The van der Waals surface area contributed by atoms with Crippen LogP contribution in [0.25, 0.3) is 0 Å². The first kappa shape index (κ1) is 15.9. The number of hydrogen-bond acceptors (Lipinski definition) is 2. The first-order valence-corrected chi connectivity index (χ1v) is 7.42. The van der Waals surface area contributed by atoms with Gasteiger partial charge in [0.05, 0.1) is 10.0 Å². The minimum atomic E-state index is 0.486. The Bertz CT molecular complexity index is 642. The van der Waals surface area contributed by atoms with E-state index in [1.165, 1.54) is 0 Å². The summed E-state index contributed by atoms with van der Waals surface area (Å²) in [6.07, 6.45) is 0. The fourth-order valence-electron chi connectivity index (χ4n) is 1.71. The Morgan fingerprint density at radius 1 is 0.905 bits per heavy atom. The molecule has 2 aromatic carbocycles. The quantitative estimate of drug-likeness (QED) is 0.780. The van der Waals surface area contributed by atoms with E-state index in [4.69, 9.17) is 35.4 Å². The van der Waals surface area contributed by atoms with Gasteiger partial charge >= 0.3 is 0 Å². The van der Waals surface area contributed by atoms with Gasteiger partial charge in [-0.2, -0.15) is 0 Å². The lowest BCUT2D eigenvalue weighted by molar-refractivity contribution is 1.13. The molecule has 0 bridgehead atoms. The number of hydrogen-bond donors (Lipinski definition) is 2. The molecule has 3 nitrogen and oxygen atoms in total. The Balaban J connectivity index is 1.99. The molecule has 6 heteroatoms. The molecule has 0 aliphatic carbocycles. The van der Waals surface area contributed by atoms with Crippen LogP contribution in [-0.2, 0) is 0 Å². The van der Waals surface area contributed by atoms with Gasteiger partial charge in [0.15, 0.2) is 5.11 Å². The second kappa shape index (κ2) is 6.98. The van der Waals surface area contributed by atoms with Crippen molar-refractivity contribution in [2.75, 3.05) is 29.6 Å². The highest BCUT2D eigenvalue weighted by atomic mass is 35.5. The van der Waals surface area contributed by atoms with Crippen LogP contribution in [0.2, 0.25) is 10.0 Å². The first-order valence-electron chi connectivity index (χ1n) is 6.26. The Labute approximate surface area is 139 Å². The zero-order chi connectivity index (χ0) is 15.4. The van der Waals surface area contributed by atoms with E-state index in [2.05, 4.69) is 10.6 Å². The van der Waals surface area contributed by atoms with Gasteiger partial charge in [-0.3, -0.25) is 0 Å². The van der Waals surface area contributed by atoms with Gasteiger partial charge in [-0.25, -0.2) is 0 Å². The highest BCUT2D eigenvalue weighted by Crippen LogP contribution is 2.25. The van der Waals surface area contributed by atoms with Crippen LogP contribution in [0.1, 0.15) is 0 Å². The number of nitrogens with zero attached hydrogens (tertiary/aromatic N) is 1. The summed E-state index contributed by atoms with van der Waals surface area (Å²) in [4.78, 5) is 2.04. The second-order valence-corrected chi connectivity index (χ2v) is 5.87. The molecule has 0 spiro atoms. The van der Waals surface area contributed by atoms with E-state index in [1.54, 1.807) is 12.1 Å². The number of thiocarbonyl (C=S) groups is 1. The molecular formula is C15H15Cl2N3S. The van der Waals surface area contributed by atoms with Crippen molar-refractivity contribution in [3.8, 4) is 0 Å². The topological polar surface area (TPSA) is 27.3 Å². The zero-order valence-electron chi connectivity index (χ0n) is 11.7. The number of anilines is 3. The Hall–Kier alpha value is -1.49. The van der Waals surface area contributed by atoms with Crippen LogP contribution in [0.3, 0.4) is 0 Å². The molecule has 2 rings (SSSR count). The maximum absolute atomic E-state index is 5.96. The van der Waals surface area contributed by atoms with Crippen LogP contribution in [0.5, 0.6) is 0 Å². The highest BCUT2D eigenvalue weighted by molar-refractivity contribution is 7.80. The highest BCUT2D eigenvalue weighted by Gasteiger charge is 2.03. The van der Waals surface area contributed by atoms with Crippen LogP contribution in [-0.4, -0.2) is 19.2 Å². The molecule has 0 aliphatic rings. The maximum atomic E-state index is 5.96. The van der Waals surface area contributed by atoms with Crippen molar-refractivity contribution < 1.29 is 0 Å². The van der Waals surface area contributed by atoms with Crippen molar-refractivity contribution >= 4 is 57.6 Å². The Morgan fingerprint density at radius 3 is 2.05 bits per heavy atom. The van der Waals surface area contributed by atoms with Gasteiger partial charge in [0.1, 0.15) is 0 Å². The van der Waals surface area contributed by atoms with Gasteiger partial charge in [0, 0.05) is 31.2 Å². The third kappa shape index (κ3) is 4.49. The Kier molecular flexibility index (Phi) is 5.28. The first-order chi connectivity index (χ1) is 9.95. The van der Waals surface area contributed by atoms with E-state index in [0.29, 0.717) is 15.2 Å². The van der Waals surface area contributed by atoms with Gasteiger partial charge in [0.2, 0.25) is 0 Å². The second-order valence-electron chi connectivity index (χ2n) is 4.65. The van der Waals surface area contributed by atoms with Crippen molar-refractivity contribution in [2.45, 2.75) is 0 Å². The smallest absolute Gasteiger partial charge is 0.175 e. The summed E-state index contributed by atoms with van der Waals surface area (Å²) in [5, 5.41) is 7.67. The molecule has 0 aromatic heterocycles. The van der Waals surface area contributed by atoms with Crippen LogP contribution < -0.4 is 15.5 Å². The average Bonchev–Trinajstić information content (AvgIpc) is 2.43. The maximum Gasteiger partial charge on any atom is 0.175 e. The van der Waals surface area contributed by atoms with Crippen LogP contribution in [0.15, 0.2) is 42.5 Å². The summed E-state index contributed by atoms with van der Waals surface area (Å²) in [6.45, 7) is 0. The largest absolute Gasteiger partial charge is 0.378 e. The summed E-state index contributed by atoms with van der Waals surface area (Å²) in [5.74, 6) is 0. The SMILES string of the molecule is CN(C)c1ccc(NC(=S)Nc2ccc(Cl)c(Cl)c2)cc1. The number of halogens is 2. The number of benzene rings is 2.